The summed E-state index contributed by atoms with van der Waals surface area (Å²) in [5.41, 5.74) is -1.83. The van der Waals surface area contributed by atoms with Gasteiger partial charge in [0.25, 0.3) is 0 Å². The maximum absolute atomic E-state index is 13.3. The lowest BCUT2D eigenvalue weighted by molar-refractivity contribution is -0.148. The Labute approximate surface area is 166 Å². The molecule has 3 rings (SSSR count). The minimum Gasteiger partial charge on any atom is -0.395 e. The zero-order valence-electron chi connectivity index (χ0n) is 17.4. The first-order valence-corrected chi connectivity index (χ1v) is 10.3. The van der Waals surface area contributed by atoms with Crippen LogP contribution in [0.15, 0.2) is 0 Å². The number of aliphatic hydroxyl groups excluding tert-OH is 1. The summed E-state index contributed by atoms with van der Waals surface area (Å²) in [6, 6.07) is -0.865. The molecule has 0 radical (unpaired) electrons. The van der Waals surface area contributed by atoms with Crippen LogP contribution in [0.3, 0.4) is 0 Å². The van der Waals surface area contributed by atoms with E-state index in [-0.39, 0.29) is 42.8 Å². The highest BCUT2D eigenvalue weighted by Gasteiger charge is 2.79. The fourth-order valence-electron chi connectivity index (χ4n) is 5.77. The third-order valence-corrected chi connectivity index (χ3v) is 7.04. The van der Waals surface area contributed by atoms with Crippen molar-refractivity contribution < 1.29 is 24.2 Å². The SMILES string of the molecule is CCCC(C)NC(=O)C1N(CCO)C(=O)[C@@H]2[C@H](C(=O)NC)[C@@]3(C)OC12CC3C. The van der Waals surface area contributed by atoms with E-state index in [4.69, 9.17) is 4.74 Å². The number of carbonyl (C=O) groups is 3. The van der Waals surface area contributed by atoms with Gasteiger partial charge < -0.3 is 25.4 Å². The Bertz CT molecular complexity index is 670. The summed E-state index contributed by atoms with van der Waals surface area (Å²) < 4.78 is 6.48. The molecule has 3 amide bonds. The average molecular weight is 396 g/mol. The van der Waals surface area contributed by atoms with Gasteiger partial charge in [-0.05, 0) is 32.6 Å². The van der Waals surface area contributed by atoms with Gasteiger partial charge in [0.15, 0.2) is 0 Å². The summed E-state index contributed by atoms with van der Waals surface area (Å²) in [7, 11) is 1.55. The molecule has 2 bridgehead atoms. The minimum atomic E-state index is -1.03. The van der Waals surface area contributed by atoms with Gasteiger partial charge >= 0.3 is 0 Å². The van der Waals surface area contributed by atoms with Crippen LogP contribution >= 0.6 is 0 Å². The smallest absolute Gasteiger partial charge is 0.246 e. The van der Waals surface area contributed by atoms with Crippen LogP contribution in [0, 0.1) is 17.8 Å². The molecule has 3 aliphatic rings. The molecule has 3 heterocycles. The summed E-state index contributed by atoms with van der Waals surface area (Å²) >= 11 is 0. The maximum Gasteiger partial charge on any atom is 0.246 e. The first-order chi connectivity index (χ1) is 13.2. The predicted octanol–water partition coefficient (Wildman–Crippen LogP) is 0.0402. The Morgan fingerprint density at radius 1 is 1.39 bits per heavy atom. The summed E-state index contributed by atoms with van der Waals surface area (Å²) in [6.45, 7) is 7.67. The van der Waals surface area contributed by atoms with Crippen molar-refractivity contribution in [3.8, 4) is 0 Å². The van der Waals surface area contributed by atoms with Gasteiger partial charge in [-0.15, -0.1) is 0 Å². The third kappa shape index (κ3) is 2.76. The molecule has 0 aromatic rings. The Morgan fingerprint density at radius 2 is 2.07 bits per heavy atom. The van der Waals surface area contributed by atoms with Gasteiger partial charge in [0.2, 0.25) is 17.7 Å². The lowest BCUT2D eigenvalue weighted by Crippen LogP contribution is -2.57. The molecule has 28 heavy (non-hydrogen) atoms. The average Bonchev–Trinajstić information content (AvgIpc) is 3.13. The molecule has 7 atom stereocenters. The molecule has 0 aliphatic carbocycles. The predicted molar refractivity (Wildman–Crippen MR) is 102 cm³/mol. The summed E-state index contributed by atoms with van der Waals surface area (Å²) in [6.07, 6.45) is 2.30. The Hall–Kier alpha value is -1.67. The molecular formula is C20H33N3O5. The number of nitrogens with zero attached hydrogens (tertiary/aromatic N) is 1. The van der Waals surface area contributed by atoms with Gasteiger partial charge in [0.1, 0.15) is 11.6 Å². The van der Waals surface area contributed by atoms with Crippen LogP contribution in [0.25, 0.3) is 0 Å². The Kier molecular flexibility index (Phi) is 5.49. The fourth-order valence-corrected chi connectivity index (χ4v) is 5.77. The van der Waals surface area contributed by atoms with Gasteiger partial charge in [-0.25, -0.2) is 0 Å². The van der Waals surface area contributed by atoms with Crippen molar-refractivity contribution in [2.24, 2.45) is 17.8 Å². The topological polar surface area (TPSA) is 108 Å². The standard InChI is InChI=1S/C20H33N3O5/c1-6-7-12(3)22-17(26)15-20-10-11(2)19(4,28-20)13(16(25)21-5)14(20)18(27)23(15)8-9-24/h11-15,24H,6-10H2,1-5H3,(H,21,25)(H,22,26)/t11?,12?,13-,14+,15?,19+,20?/m1/s1. The number of fused-ring (bicyclic) bond motifs is 1. The van der Waals surface area contributed by atoms with E-state index in [2.05, 4.69) is 10.6 Å². The van der Waals surface area contributed by atoms with E-state index in [0.717, 1.165) is 12.8 Å². The quantitative estimate of drug-likeness (QED) is 0.564. The molecule has 3 aliphatic heterocycles. The highest BCUT2D eigenvalue weighted by molar-refractivity contribution is 5.99. The van der Waals surface area contributed by atoms with Gasteiger partial charge in [0, 0.05) is 19.6 Å². The maximum atomic E-state index is 13.3. The molecule has 1 spiro atoms. The van der Waals surface area contributed by atoms with E-state index in [9.17, 15) is 19.5 Å². The molecule has 3 saturated heterocycles. The van der Waals surface area contributed by atoms with Crippen molar-refractivity contribution in [1.29, 1.82) is 0 Å². The van der Waals surface area contributed by atoms with Crippen molar-refractivity contribution >= 4 is 17.7 Å². The van der Waals surface area contributed by atoms with E-state index in [1.807, 2.05) is 27.7 Å². The number of rotatable bonds is 7. The normalized spacial score (nSPS) is 39.8. The van der Waals surface area contributed by atoms with Gasteiger partial charge in [0.05, 0.1) is 24.0 Å². The number of likely N-dealkylation sites (tertiary alicyclic amines) is 1. The van der Waals surface area contributed by atoms with Crippen molar-refractivity contribution in [3.63, 3.8) is 0 Å². The van der Waals surface area contributed by atoms with Crippen LogP contribution in [0.4, 0.5) is 0 Å². The molecule has 0 aromatic heterocycles. The van der Waals surface area contributed by atoms with Crippen molar-refractivity contribution in [2.75, 3.05) is 20.2 Å². The Balaban J connectivity index is 2.03. The van der Waals surface area contributed by atoms with E-state index < -0.39 is 29.1 Å². The van der Waals surface area contributed by atoms with Crippen LogP contribution in [-0.2, 0) is 19.1 Å². The second-order valence-electron chi connectivity index (χ2n) is 8.77. The number of hydrogen-bond donors (Lipinski definition) is 3. The summed E-state index contributed by atoms with van der Waals surface area (Å²) in [4.78, 5) is 40.8. The molecular weight excluding hydrogens is 362 g/mol. The molecule has 0 saturated carbocycles. The second-order valence-corrected chi connectivity index (χ2v) is 8.77. The Morgan fingerprint density at radius 3 is 2.64 bits per heavy atom. The lowest BCUT2D eigenvalue weighted by atomic mass is 9.62. The van der Waals surface area contributed by atoms with Crippen LogP contribution in [0.5, 0.6) is 0 Å². The largest absolute Gasteiger partial charge is 0.395 e. The number of β-amino-alcohol motifs (C(OH)–C–C–N with tert-alkyl or cyclic N) is 1. The number of nitrogens with one attached hydrogen (secondary N) is 2. The van der Waals surface area contributed by atoms with Crippen LogP contribution < -0.4 is 10.6 Å². The fraction of sp³-hybridized carbons (Fsp3) is 0.850. The summed E-state index contributed by atoms with van der Waals surface area (Å²) in [5, 5.41) is 15.2. The minimum absolute atomic E-state index is 0.0243. The number of amides is 3. The molecule has 3 fully saturated rings. The molecule has 4 unspecified atom stereocenters. The van der Waals surface area contributed by atoms with Gasteiger partial charge in [-0.1, -0.05) is 20.3 Å². The van der Waals surface area contributed by atoms with Crippen molar-refractivity contribution in [3.05, 3.63) is 0 Å². The van der Waals surface area contributed by atoms with Crippen LogP contribution in [-0.4, -0.2) is 71.2 Å². The van der Waals surface area contributed by atoms with Gasteiger partial charge in [-0.2, -0.15) is 0 Å². The molecule has 8 heteroatoms. The molecule has 8 nitrogen and oxygen atoms in total. The number of carbonyl (C=O) groups excluding carboxylic acids is 3. The third-order valence-electron chi connectivity index (χ3n) is 7.04. The number of hydrogen-bond acceptors (Lipinski definition) is 5. The highest BCUT2D eigenvalue weighted by Crippen LogP contribution is 2.65. The van der Waals surface area contributed by atoms with E-state index in [1.165, 1.54) is 4.90 Å². The molecule has 3 N–H and O–H groups in total. The van der Waals surface area contributed by atoms with Gasteiger partial charge in [-0.3, -0.25) is 14.4 Å². The molecule has 0 aromatic carbocycles. The zero-order valence-corrected chi connectivity index (χ0v) is 17.4. The van der Waals surface area contributed by atoms with Crippen LogP contribution in [0.1, 0.15) is 47.0 Å². The van der Waals surface area contributed by atoms with E-state index in [0.29, 0.717) is 6.42 Å². The number of aliphatic hydroxyl groups is 1. The second kappa shape index (κ2) is 7.30. The van der Waals surface area contributed by atoms with Crippen molar-refractivity contribution in [2.45, 2.75) is 70.2 Å². The summed E-state index contributed by atoms with van der Waals surface area (Å²) in [5.74, 6) is -2.12. The zero-order chi connectivity index (χ0) is 20.9. The van der Waals surface area contributed by atoms with E-state index in [1.54, 1.807) is 7.05 Å². The van der Waals surface area contributed by atoms with Crippen molar-refractivity contribution in [1.82, 2.24) is 15.5 Å². The van der Waals surface area contributed by atoms with Crippen LogP contribution in [0.2, 0.25) is 0 Å². The monoisotopic (exact) mass is 395 g/mol. The van der Waals surface area contributed by atoms with E-state index >= 15 is 0 Å². The first-order valence-electron chi connectivity index (χ1n) is 10.3. The molecule has 158 valence electrons. The highest BCUT2D eigenvalue weighted by atomic mass is 16.5. The number of ether oxygens (including phenoxy) is 1. The lowest BCUT2D eigenvalue weighted by Gasteiger charge is -2.36. The first kappa shape index (κ1) is 21.0.